The van der Waals surface area contributed by atoms with E-state index >= 15 is 0 Å². The molecule has 1 aliphatic heterocycles. The van der Waals surface area contributed by atoms with Crippen LogP contribution in [0, 0.1) is 11.6 Å². The maximum Gasteiger partial charge on any atom is 0.267 e. The van der Waals surface area contributed by atoms with Crippen LogP contribution in [0.4, 0.5) is 20.5 Å². The lowest BCUT2D eigenvalue weighted by molar-refractivity contribution is -0.118. The van der Waals surface area contributed by atoms with E-state index in [2.05, 4.69) is 20.2 Å². The van der Waals surface area contributed by atoms with Crippen molar-refractivity contribution in [2.75, 3.05) is 36.4 Å². The van der Waals surface area contributed by atoms with Gasteiger partial charge in [-0.2, -0.15) is 4.98 Å². The smallest absolute Gasteiger partial charge is 0.267 e. The Labute approximate surface area is 207 Å². The van der Waals surface area contributed by atoms with Crippen molar-refractivity contribution in [1.29, 1.82) is 0 Å². The fourth-order valence-electron chi connectivity index (χ4n) is 4.15. The van der Waals surface area contributed by atoms with Gasteiger partial charge in [-0.15, -0.1) is 0 Å². The minimum atomic E-state index is -0.722. The van der Waals surface area contributed by atoms with Crippen LogP contribution in [0.2, 0.25) is 0 Å². The zero-order chi connectivity index (χ0) is 25.8. The summed E-state index contributed by atoms with van der Waals surface area (Å²) in [6.07, 6.45) is 0. The lowest BCUT2D eigenvalue weighted by Gasteiger charge is -2.40. The summed E-state index contributed by atoms with van der Waals surface area (Å²) in [5.74, 6) is -1.40. The van der Waals surface area contributed by atoms with Crippen LogP contribution in [0.5, 0.6) is 0 Å². The Morgan fingerprint density at radius 3 is 1.89 bits per heavy atom. The second-order valence-corrected chi connectivity index (χ2v) is 8.60. The lowest BCUT2D eigenvalue weighted by Crippen LogP contribution is -2.48. The summed E-state index contributed by atoms with van der Waals surface area (Å²) < 4.78 is 27.2. The van der Waals surface area contributed by atoms with Gasteiger partial charge in [0.25, 0.3) is 5.91 Å². The third-order valence-corrected chi connectivity index (χ3v) is 6.09. The summed E-state index contributed by atoms with van der Waals surface area (Å²) >= 11 is 0. The lowest BCUT2D eigenvalue weighted by atomic mass is 9.96. The Balaban J connectivity index is 1.57. The number of piperazine rings is 1. The number of nitrogens with one attached hydrogen (secondary N) is 1. The Morgan fingerprint density at radius 1 is 0.889 bits per heavy atom. The largest absolute Gasteiger partial charge is 0.368 e. The van der Waals surface area contributed by atoms with Crippen molar-refractivity contribution < 1.29 is 18.4 Å². The van der Waals surface area contributed by atoms with Gasteiger partial charge in [-0.1, -0.05) is 24.3 Å². The molecule has 0 aliphatic carbocycles. The molecule has 1 aromatic heterocycles. The number of aromatic nitrogens is 2. The van der Waals surface area contributed by atoms with Gasteiger partial charge in [0.1, 0.15) is 29.2 Å². The van der Waals surface area contributed by atoms with Gasteiger partial charge in [-0.25, -0.2) is 13.8 Å². The number of rotatable bonds is 8. The topological polar surface area (TPSA) is 130 Å². The van der Waals surface area contributed by atoms with Gasteiger partial charge in [0, 0.05) is 32.2 Å². The van der Waals surface area contributed by atoms with Crippen LogP contribution < -0.4 is 21.7 Å². The number of carbonyl (C=O) groups excluding carboxylic acids is 2. The van der Waals surface area contributed by atoms with Gasteiger partial charge in [-0.3, -0.25) is 14.5 Å². The molecular weight excluding hydrogens is 468 g/mol. The van der Waals surface area contributed by atoms with Crippen molar-refractivity contribution in [3.05, 3.63) is 83.1 Å². The minimum absolute atomic E-state index is 0.0112. The van der Waals surface area contributed by atoms with E-state index in [0.717, 1.165) is 11.1 Å². The molecule has 1 aliphatic rings. The molecule has 1 fully saturated rings. The van der Waals surface area contributed by atoms with Crippen LogP contribution >= 0.6 is 0 Å². The van der Waals surface area contributed by atoms with Crippen LogP contribution in [-0.4, -0.2) is 58.9 Å². The van der Waals surface area contributed by atoms with Crippen molar-refractivity contribution in [1.82, 2.24) is 14.9 Å². The summed E-state index contributed by atoms with van der Waals surface area (Å²) in [6, 6.07) is 13.0. The number of nitrogens with two attached hydrogens (primary N) is 2. The molecule has 188 valence electrons. The average molecular weight is 496 g/mol. The molecule has 0 radical (unpaired) electrons. The number of anilines is 2. The number of nitrogens with zero attached hydrogens (tertiary/aromatic N) is 4. The maximum atomic E-state index is 13.6. The summed E-state index contributed by atoms with van der Waals surface area (Å²) in [4.78, 5) is 36.2. The van der Waals surface area contributed by atoms with Crippen LogP contribution in [0.1, 0.15) is 34.6 Å². The standard InChI is InChI=1S/C25H27F2N7O2/c1-15(23(28)35)30-21-14-20(24(29)36)31-25(32-21)34-12-10-33(11-13-34)22(16-2-6-18(26)7-3-16)17-4-8-19(27)9-5-17/h2-9,14-15,22H,10-13H2,1H3,(H2,28,35)(H2,29,36)(H,30,31,32). The molecule has 11 heteroatoms. The summed E-state index contributed by atoms with van der Waals surface area (Å²) in [7, 11) is 0. The maximum absolute atomic E-state index is 13.6. The van der Waals surface area contributed by atoms with E-state index in [9.17, 15) is 18.4 Å². The molecule has 3 aromatic rings. The van der Waals surface area contributed by atoms with E-state index in [4.69, 9.17) is 11.5 Å². The number of amides is 2. The number of primary amides is 2. The number of carbonyl (C=O) groups is 2. The van der Waals surface area contributed by atoms with Crippen LogP contribution in [0.25, 0.3) is 0 Å². The monoisotopic (exact) mass is 495 g/mol. The third kappa shape index (κ3) is 5.74. The molecule has 1 saturated heterocycles. The highest BCUT2D eigenvalue weighted by Crippen LogP contribution is 2.30. The number of halogens is 2. The fraction of sp³-hybridized carbons (Fsp3) is 0.280. The molecular formula is C25H27F2N7O2. The Hall–Kier alpha value is -4.12. The Kier molecular flexibility index (Phi) is 7.39. The predicted molar refractivity (Wildman–Crippen MR) is 131 cm³/mol. The molecule has 0 spiro atoms. The quantitative estimate of drug-likeness (QED) is 0.436. The van der Waals surface area contributed by atoms with Crippen LogP contribution in [0.15, 0.2) is 54.6 Å². The molecule has 2 aromatic carbocycles. The SMILES string of the molecule is CC(Nc1cc(C(N)=O)nc(N2CCN(C(c3ccc(F)cc3)c3ccc(F)cc3)CC2)n1)C(N)=O. The highest BCUT2D eigenvalue weighted by Gasteiger charge is 2.28. The fourth-order valence-corrected chi connectivity index (χ4v) is 4.15. The summed E-state index contributed by atoms with van der Waals surface area (Å²) in [6.45, 7) is 3.80. The molecule has 36 heavy (non-hydrogen) atoms. The van der Waals surface area contributed by atoms with Gasteiger partial charge in [0.05, 0.1) is 6.04 Å². The normalized spacial score (nSPS) is 15.1. The number of hydrogen-bond donors (Lipinski definition) is 3. The van der Waals surface area contributed by atoms with E-state index < -0.39 is 17.9 Å². The van der Waals surface area contributed by atoms with E-state index in [1.54, 1.807) is 31.2 Å². The molecule has 5 N–H and O–H groups in total. The Bertz CT molecular complexity index is 1180. The van der Waals surface area contributed by atoms with Crippen LogP contribution in [-0.2, 0) is 4.79 Å². The number of benzene rings is 2. The first kappa shape index (κ1) is 25.0. The third-order valence-electron chi connectivity index (χ3n) is 6.09. The highest BCUT2D eigenvalue weighted by atomic mass is 19.1. The molecule has 1 unspecified atom stereocenters. The van der Waals surface area contributed by atoms with Gasteiger partial charge in [0.15, 0.2) is 0 Å². The molecule has 0 bridgehead atoms. The van der Waals surface area contributed by atoms with E-state index in [-0.39, 0.29) is 29.2 Å². The summed E-state index contributed by atoms with van der Waals surface area (Å²) in [5.41, 5.74) is 12.6. The average Bonchev–Trinajstić information content (AvgIpc) is 2.86. The van der Waals surface area contributed by atoms with Crippen LogP contribution in [0.3, 0.4) is 0 Å². The predicted octanol–water partition coefficient (Wildman–Crippen LogP) is 2.05. The molecule has 4 rings (SSSR count). The molecule has 2 amide bonds. The molecule has 0 saturated carbocycles. The second kappa shape index (κ2) is 10.6. The second-order valence-electron chi connectivity index (χ2n) is 8.60. The van der Waals surface area contributed by atoms with Gasteiger partial charge in [-0.05, 0) is 42.3 Å². The Morgan fingerprint density at radius 2 is 1.42 bits per heavy atom. The summed E-state index contributed by atoms with van der Waals surface area (Å²) in [5, 5.41) is 2.86. The molecule has 2 heterocycles. The first-order valence-corrected chi connectivity index (χ1v) is 11.5. The van der Waals surface area contributed by atoms with Crippen molar-refractivity contribution in [2.24, 2.45) is 11.5 Å². The van der Waals surface area contributed by atoms with E-state index in [1.807, 2.05) is 4.90 Å². The first-order valence-electron chi connectivity index (χ1n) is 11.5. The zero-order valence-corrected chi connectivity index (χ0v) is 19.7. The number of hydrogen-bond acceptors (Lipinski definition) is 7. The van der Waals surface area contributed by atoms with Crippen molar-refractivity contribution in [3.63, 3.8) is 0 Å². The van der Waals surface area contributed by atoms with Gasteiger partial charge >= 0.3 is 0 Å². The van der Waals surface area contributed by atoms with E-state index in [1.165, 1.54) is 30.3 Å². The van der Waals surface area contributed by atoms with Crippen molar-refractivity contribution >= 4 is 23.6 Å². The zero-order valence-electron chi connectivity index (χ0n) is 19.7. The minimum Gasteiger partial charge on any atom is -0.368 e. The van der Waals surface area contributed by atoms with Gasteiger partial charge in [0.2, 0.25) is 11.9 Å². The molecule has 1 atom stereocenters. The van der Waals surface area contributed by atoms with Gasteiger partial charge < -0.3 is 21.7 Å². The van der Waals surface area contributed by atoms with Crippen molar-refractivity contribution in [2.45, 2.75) is 19.0 Å². The van der Waals surface area contributed by atoms with Crippen molar-refractivity contribution in [3.8, 4) is 0 Å². The highest BCUT2D eigenvalue weighted by molar-refractivity contribution is 5.92. The molecule has 9 nitrogen and oxygen atoms in total. The van der Waals surface area contributed by atoms with E-state index in [0.29, 0.717) is 32.1 Å². The first-order chi connectivity index (χ1) is 17.2.